The number of hydrogen-bond acceptors (Lipinski definition) is 5. The van der Waals surface area contributed by atoms with Crippen LogP contribution in [-0.4, -0.2) is 92.9 Å². The van der Waals surface area contributed by atoms with Crippen molar-refractivity contribution < 1.29 is 14.3 Å². The molecule has 1 aromatic rings. The highest BCUT2D eigenvalue weighted by atomic mass is 16.5. The molecule has 8 nitrogen and oxygen atoms in total. The normalized spacial score (nSPS) is 22.9. The lowest BCUT2D eigenvalue weighted by molar-refractivity contribution is -0.0586. The summed E-state index contributed by atoms with van der Waals surface area (Å²) in [6.45, 7) is 14.2. The average Bonchev–Trinajstić information content (AvgIpc) is 2.77. The van der Waals surface area contributed by atoms with E-state index in [1.165, 1.54) is 0 Å². The molecule has 2 aliphatic heterocycles. The maximum absolute atomic E-state index is 12.8. The zero-order valence-electron chi connectivity index (χ0n) is 19.1. The molecule has 1 amide bonds. The smallest absolute Gasteiger partial charge is 0.254 e. The molecule has 0 aromatic heterocycles. The largest absolute Gasteiger partial charge is 0.379 e. The molecule has 0 bridgehead atoms. The van der Waals surface area contributed by atoms with Gasteiger partial charge in [-0.25, -0.2) is 4.99 Å². The van der Waals surface area contributed by atoms with E-state index in [0.29, 0.717) is 25.2 Å². The van der Waals surface area contributed by atoms with Crippen LogP contribution in [-0.2, 0) is 16.0 Å². The van der Waals surface area contributed by atoms with Crippen molar-refractivity contribution in [1.29, 1.82) is 0 Å². The molecule has 0 spiro atoms. The van der Waals surface area contributed by atoms with Crippen LogP contribution in [0.4, 0.5) is 0 Å². The Morgan fingerprint density at radius 1 is 1.10 bits per heavy atom. The van der Waals surface area contributed by atoms with Gasteiger partial charge < -0.3 is 25.0 Å². The number of ether oxygens (including phenoxy) is 2. The van der Waals surface area contributed by atoms with Gasteiger partial charge in [0.15, 0.2) is 5.96 Å². The lowest BCUT2D eigenvalue weighted by atomic mass is 10.1. The zero-order valence-corrected chi connectivity index (χ0v) is 19.1. The summed E-state index contributed by atoms with van der Waals surface area (Å²) in [5, 5.41) is 6.70. The van der Waals surface area contributed by atoms with Gasteiger partial charge in [0.05, 0.1) is 32.0 Å². The molecule has 1 aromatic carbocycles. The Morgan fingerprint density at radius 3 is 2.42 bits per heavy atom. The second kappa shape index (κ2) is 12.0. The van der Waals surface area contributed by atoms with Crippen LogP contribution in [0.2, 0.25) is 0 Å². The Balaban J connectivity index is 1.50. The van der Waals surface area contributed by atoms with Gasteiger partial charge in [-0.15, -0.1) is 0 Å². The molecule has 8 heteroatoms. The fraction of sp³-hybridized carbons (Fsp3) is 0.652. The van der Waals surface area contributed by atoms with Crippen LogP contribution in [0.1, 0.15) is 36.7 Å². The summed E-state index contributed by atoms with van der Waals surface area (Å²) >= 11 is 0. The molecule has 0 radical (unpaired) electrons. The van der Waals surface area contributed by atoms with Crippen molar-refractivity contribution in [3.8, 4) is 0 Å². The van der Waals surface area contributed by atoms with Gasteiger partial charge in [-0.05, 0) is 38.5 Å². The van der Waals surface area contributed by atoms with Crippen LogP contribution in [0.25, 0.3) is 0 Å². The van der Waals surface area contributed by atoms with E-state index < -0.39 is 0 Å². The monoisotopic (exact) mass is 431 g/mol. The summed E-state index contributed by atoms with van der Waals surface area (Å²) in [4.78, 5) is 21.8. The van der Waals surface area contributed by atoms with Crippen LogP contribution in [0, 0.1) is 0 Å². The van der Waals surface area contributed by atoms with Gasteiger partial charge in [0.2, 0.25) is 0 Å². The first-order valence-electron chi connectivity index (χ1n) is 11.4. The van der Waals surface area contributed by atoms with Gasteiger partial charge in [0, 0.05) is 51.4 Å². The molecule has 0 aliphatic carbocycles. The molecule has 172 valence electrons. The Kier molecular flexibility index (Phi) is 9.12. The van der Waals surface area contributed by atoms with Gasteiger partial charge >= 0.3 is 0 Å². The predicted molar refractivity (Wildman–Crippen MR) is 122 cm³/mol. The van der Waals surface area contributed by atoms with Gasteiger partial charge in [-0.2, -0.15) is 0 Å². The SMILES string of the molecule is CCNC(=NCc1ccc(C(=O)N2CC(C)OC(C)C2)cc1)NCCN1CCOCC1. The number of hydrogen-bond donors (Lipinski definition) is 2. The van der Waals surface area contributed by atoms with Crippen molar-refractivity contribution in [2.75, 3.05) is 59.0 Å². The molecular weight excluding hydrogens is 394 g/mol. The molecule has 2 fully saturated rings. The molecule has 2 N–H and O–H groups in total. The average molecular weight is 432 g/mol. The number of benzene rings is 1. The minimum atomic E-state index is 0.0650. The number of carbonyl (C=O) groups is 1. The molecule has 3 rings (SSSR count). The standard InChI is InChI=1S/C23H37N5O3/c1-4-24-23(25-9-10-27-11-13-30-14-12-27)26-15-20-5-7-21(8-6-20)22(29)28-16-18(2)31-19(3)17-28/h5-8,18-19H,4,9-17H2,1-3H3,(H2,24,25,26). The number of amides is 1. The molecule has 0 saturated carbocycles. The van der Waals surface area contributed by atoms with E-state index in [1.807, 2.05) is 43.0 Å². The number of guanidine groups is 1. The third kappa shape index (κ3) is 7.48. The molecular formula is C23H37N5O3. The van der Waals surface area contributed by atoms with E-state index in [-0.39, 0.29) is 18.1 Å². The zero-order chi connectivity index (χ0) is 22.1. The number of carbonyl (C=O) groups excluding carboxylic acids is 1. The van der Waals surface area contributed by atoms with E-state index in [4.69, 9.17) is 9.47 Å². The van der Waals surface area contributed by atoms with Crippen molar-refractivity contribution in [2.45, 2.75) is 39.5 Å². The Bertz CT molecular complexity index is 708. The van der Waals surface area contributed by atoms with Crippen molar-refractivity contribution in [3.63, 3.8) is 0 Å². The number of aliphatic imine (C=N–C) groups is 1. The van der Waals surface area contributed by atoms with Gasteiger partial charge in [0.25, 0.3) is 5.91 Å². The van der Waals surface area contributed by atoms with E-state index in [2.05, 4.69) is 27.4 Å². The summed E-state index contributed by atoms with van der Waals surface area (Å²) in [6, 6.07) is 7.77. The van der Waals surface area contributed by atoms with Gasteiger partial charge in [-0.3, -0.25) is 9.69 Å². The maximum atomic E-state index is 12.8. The topological polar surface area (TPSA) is 78.4 Å². The molecule has 2 saturated heterocycles. The van der Waals surface area contributed by atoms with Gasteiger partial charge in [0.1, 0.15) is 0 Å². The number of morpholine rings is 2. The molecule has 2 unspecified atom stereocenters. The van der Waals surface area contributed by atoms with Gasteiger partial charge in [-0.1, -0.05) is 12.1 Å². The van der Waals surface area contributed by atoms with E-state index in [9.17, 15) is 4.79 Å². The Hall–Kier alpha value is -2.16. The summed E-state index contributed by atoms with van der Waals surface area (Å²) in [5.74, 6) is 0.877. The number of rotatable bonds is 7. The van der Waals surface area contributed by atoms with Crippen LogP contribution in [0.15, 0.2) is 29.3 Å². The Labute approximate surface area is 186 Å². The Morgan fingerprint density at radius 2 is 1.77 bits per heavy atom. The fourth-order valence-electron chi connectivity index (χ4n) is 3.95. The maximum Gasteiger partial charge on any atom is 0.254 e. The highest BCUT2D eigenvalue weighted by Crippen LogP contribution is 2.15. The third-order valence-electron chi connectivity index (χ3n) is 5.50. The minimum absolute atomic E-state index is 0.0650. The first-order chi connectivity index (χ1) is 15.0. The first-order valence-corrected chi connectivity index (χ1v) is 11.4. The van der Waals surface area contributed by atoms with Crippen LogP contribution >= 0.6 is 0 Å². The molecule has 31 heavy (non-hydrogen) atoms. The minimum Gasteiger partial charge on any atom is -0.379 e. The molecule has 2 heterocycles. The summed E-state index contributed by atoms with van der Waals surface area (Å²) < 4.78 is 11.1. The summed E-state index contributed by atoms with van der Waals surface area (Å²) in [7, 11) is 0. The van der Waals surface area contributed by atoms with Crippen LogP contribution in [0.3, 0.4) is 0 Å². The third-order valence-corrected chi connectivity index (χ3v) is 5.50. The number of nitrogens with one attached hydrogen (secondary N) is 2. The second-order valence-electron chi connectivity index (χ2n) is 8.24. The predicted octanol–water partition coefficient (Wildman–Crippen LogP) is 1.32. The fourth-order valence-corrected chi connectivity index (χ4v) is 3.95. The van der Waals surface area contributed by atoms with E-state index in [1.54, 1.807) is 0 Å². The van der Waals surface area contributed by atoms with E-state index >= 15 is 0 Å². The first kappa shape index (κ1) is 23.5. The summed E-state index contributed by atoms with van der Waals surface area (Å²) in [5.41, 5.74) is 1.79. The van der Waals surface area contributed by atoms with Crippen LogP contribution in [0.5, 0.6) is 0 Å². The van der Waals surface area contributed by atoms with Crippen molar-refractivity contribution in [1.82, 2.24) is 20.4 Å². The molecule has 2 aliphatic rings. The lowest BCUT2D eigenvalue weighted by Crippen LogP contribution is -2.48. The van der Waals surface area contributed by atoms with Crippen LogP contribution < -0.4 is 10.6 Å². The van der Waals surface area contributed by atoms with E-state index in [0.717, 1.165) is 57.5 Å². The highest BCUT2D eigenvalue weighted by Gasteiger charge is 2.26. The van der Waals surface area contributed by atoms with Crippen molar-refractivity contribution in [3.05, 3.63) is 35.4 Å². The molecule has 2 atom stereocenters. The lowest BCUT2D eigenvalue weighted by Gasteiger charge is -2.35. The van der Waals surface area contributed by atoms with Crippen molar-refractivity contribution >= 4 is 11.9 Å². The number of nitrogens with zero attached hydrogens (tertiary/aromatic N) is 3. The summed E-state index contributed by atoms with van der Waals surface area (Å²) in [6.07, 6.45) is 0.142. The second-order valence-corrected chi connectivity index (χ2v) is 8.24. The highest BCUT2D eigenvalue weighted by molar-refractivity contribution is 5.94. The quantitative estimate of drug-likeness (QED) is 0.501. The van der Waals surface area contributed by atoms with Crippen molar-refractivity contribution in [2.24, 2.45) is 4.99 Å².